The number of carbonyl (C=O) groups is 1. The molecule has 0 saturated heterocycles. The largest absolute Gasteiger partial charge is 0.355 e. The third-order valence-electron chi connectivity index (χ3n) is 3.97. The van der Waals surface area contributed by atoms with Crippen LogP contribution in [0.1, 0.15) is 23.0 Å². The maximum Gasteiger partial charge on any atom is 0.276 e. The Bertz CT molecular complexity index is 782. The average molecular weight is 320 g/mol. The molecule has 0 aliphatic carbocycles. The van der Waals surface area contributed by atoms with E-state index < -0.39 is 0 Å². The van der Waals surface area contributed by atoms with Gasteiger partial charge in [-0.25, -0.2) is 0 Å². The Morgan fingerprint density at radius 3 is 2.38 bits per heavy atom. The van der Waals surface area contributed by atoms with Crippen molar-refractivity contribution >= 4 is 5.91 Å². The Morgan fingerprint density at radius 2 is 1.71 bits per heavy atom. The molecule has 0 atom stereocenters. The molecule has 4 heteroatoms. The summed E-state index contributed by atoms with van der Waals surface area (Å²) in [7, 11) is 0. The predicted octanol–water partition coefficient (Wildman–Crippen LogP) is 4.05. The molecule has 122 valence electrons. The molecule has 0 N–H and O–H groups in total. The zero-order valence-corrected chi connectivity index (χ0v) is 13.7. The van der Waals surface area contributed by atoms with Gasteiger partial charge >= 0.3 is 0 Å². The Morgan fingerprint density at radius 1 is 1.04 bits per heavy atom. The highest BCUT2D eigenvalue weighted by Crippen LogP contribution is 2.20. The summed E-state index contributed by atoms with van der Waals surface area (Å²) in [6, 6.07) is 21.5. The number of rotatable bonds is 6. The van der Waals surface area contributed by atoms with Crippen LogP contribution in [0.5, 0.6) is 0 Å². The number of benzene rings is 2. The molecular formula is C20H20N2O2. The lowest BCUT2D eigenvalue weighted by Crippen LogP contribution is -2.32. The minimum Gasteiger partial charge on any atom is -0.355 e. The van der Waals surface area contributed by atoms with Gasteiger partial charge in [0.1, 0.15) is 0 Å². The van der Waals surface area contributed by atoms with Gasteiger partial charge in [-0.1, -0.05) is 65.8 Å². The van der Waals surface area contributed by atoms with Crippen molar-refractivity contribution in [3.05, 3.63) is 78.0 Å². The second-order valence-corrected chi connectivity index (χ2v) is 5.56. The molecule has 0 radical (unpaired) electrons. The fourth-order valence-corrected chi connectivity index (χ4v) is 2.59. The summed E-state index contributed by atoms with van der Waals surface area (Å²) in [4.78, 5) is 14.4. The highest BCUT2D eigenvalue weighted by molar-refractivity contribution is 5.93. The molecule has 0 aliphatic rings. The summed E-state index contributed by atoms with van der Waals surface area (Å²) in [5.41, 5.74) is 2.48. The van der Waals surface area contributed by atoms with Crippen LogP contribution in [-0.2, 0) is 6.42 Å². The molecule has 0 bridgehead atoms. The molecule has 0 spiro atoms. The minimum absolute atomic E-state index is 0.0978. The quantitative estimate of drug-likeness (QED) is 0.688. The number of aromatic nitrogens is 1. The first kappa shape index (κ1) is 16.0. The van der Waals surface area contributed by atoms with Gasteiger partial charge in [0.05, 0.1) is 0 Å². The molecule has 1 aromatic heterocycles. The molecule has 4 nitrogen and oxygen atoms in total. The van der Waals surface area contributed by atoms with Crippen LogP contribution < -0.4 is 0 Å². The number of carbonyl (C=O) groups excluding carboxylic acids is 1. The predicted molar refractivity (Wildman–Crippen MR) is 93.7 cm³/mol. The molecule has 0 fully saturated rings. The summed E-state index contributed by atoms with van der Waals surface area (Å²) < 4.78 is 5.33. The normalized spacial score (nSPS) is 10.5. The molecule has 2 aromatic carbocycles. The summed E-state index contributed by atoms with van der Waals surface area (Å²) in [6.45, 7) is 3.27. The van der Waals surface area contributed by atoms with E-state index in [9.17, 15) is 4.79 Å². The van der Waals surface area contributed by atoms with E-state index >= 15 is 0 Å². The summed E-state index contributed by atoms with van der Waals surface area (Å²) in [5.74, 6) is 0.512. The van der Waals surface area contributed by atoms with Crippen LogP contribution in [-0.4, -0.2) is 29.1 Å². The number of nitrogens with zero attached hydrogens (tertiary/aromatic N) is 2. The van der Waals surface area contributed by atoms with E-state index in [1.165, 1.54) is 5.56 Å². The minimum atomic E-state index is -0.0978. The number of amides is 1. The molecule has 0 unspecified atom stereocenters. The van der Waals surface area contributed by atoms with Gasteiger partial charge in [0.2, 0.25) is 0 Å². The van der Waals surface area contributed by atoms with Crippen LogP contribution >= 0.6 is 0 Å². The van der Waals surface area contributed by atoms with Crippen LogP contribution in [0, 0.1) is 0 Å². The van der Waals surface area contributed by atoms with Crippen molar-refractivity contribution < 1.29 is 9.32 Å². The van der Waals surface area contributed by atoms with E-state index in [4.69, 9.17) is 4.52 Å². The van der Waals surface area contributed by atoms with Crippen LogP contribution in [0.3, 0.4) is 0 Å². The second kappa shape index (κ2) is 7.59. The molecule has 3 aromatic rings. The molecule has 1 amide bonds. The lowest BCUT2D eigenvalue weighted by molar-refractivity contribution is 0.0756. The molecule has 24 heavy (non-hydrogen) atoms. The standard InChI is InChI=1S/C20H20N2O2/c1-2-22(14-13-16-9-5-3-6-10-16)20(23)18-15-19(24-21-18)17-11-7-4-8-12-17/h3-12,15H,2,13-14H2,1H3. The van der Waals surface area contributed by atoms with Crippen molar-refractivity contribution in [3.63, 3.8) is 0 Å². The maximum absolute atomic E-state index is 12.6. The van der Waals surface area contributed by atoms with Crippen LogP contribution in [0.4, 0.5) is 0 Å². The van der Waals surface area contributed by atoms with E-state index in [2.05, 4.69) is 17.3 Å². The van der Waals surface area contributed by atoms with Crippen molar-refractivity contribution in [3.8, 4) is 11.3 Å². The molecular weight excluding hydrogens is 300 g/mol. The number of likely N-dealkylation sites (N-methyl/N-ethyl adjacent to an activating group) is 1. The summed E-state index contributed by atoms with van der Waals surface area (Å²) in [5, 5.41) is 3.95. The van der Waals surface area contributed by atoms with E-state index in [0.29, 0.717) is 24.5 Å². The number of hydrogen-bond acceptors (Lipinski definition) is 3. The van der Waals surface area contributed by atoms with Gasteiger partial charge in [-0.3, -0.25) is 4.79 Å². The first-order valence-corrected chi connectivity index (χ1v) is 8.13. The monoisotopic (exact) mass is 320 g/mol. The van der Waals surface area contributed by atoms with Gasteiger partial charge < -0.3 is 9.42 Å². The van der Waals surface area contributed by atoms with Crippen LogP contribution in [0.25, 0.3) is 11.3 Å². The fourth-order valence-electron chi connectivity index (χ4n) is 2.59. The van der Waals surface area contributed by atoms with Gasteiger partial charge in [-0.2, -0.15) is 0 Å². The fraction of sp³-hybridized carbons (Fsp3) is 0.200. The van der Waals surface area contributed by atoms with Gasteiger partial charge in [0.25, 0.3) is 5.91 Å². The highest BCUT2D eigenvalue weighted by atomic mass is 16.5. The Kier molecular flexibility index (Phi) is 5.06. The SMILES string of the molecule is CCN(CCc1ccccc1)C(=O)c1cc(-c2ccccc2)on1. The zero-order chi connectivity index (χ0) is 16.8. The Hall–Kier alpha value is -2.88. The molecule has 0 saturated carbocycles. The smallest absolute Gasteiger partial charge is 0.276 e. The van der Waals surface area contributed by atoms with Crippen molar-refractivity contribution in [1.29, 1.82) is 0 Å². The first-order chi connectivity index (χ1) is 11.8. The van der Waals surface area contributed by atoms with Crippen molar-refractivity contribution in [2.75, 3.05) is 13.1 Å². The van der Waals surface area contributed by atoms with Crippen LogP contribution in [0.2, 0.25) is 0 Å². The third-order valence-corrected chi connectivity index (χ3v) is 3.97. The number of hydrogen-bond donors (Lipinski definition) is 0. The lowest BCUT2D eigenvalue weighted by Gasteiger charge is -2.19. The molecule has 1 heterocycles. The molecule has 3 rings (SSSR count). The maximum atomic E-state index is 12.6. The average Bonchev–Trinajstić information content (AvgIpc) is 3.14. The zero-order valence-electron chi connectivity index (χ0n) is 13.7. The second-order valence-electron chi connectivity index (χ2n) is 5.56. The highest BCUT2D eigenvalue weighted by Gasteiger charge is 2.19. The Labute approximate surface area is 141 Å². The Balaban J connectivity index is 1.69. The summed E-state index contributed by atoms with van der Waals surface area (Å²) >= 11 is 0. The third kappa shape index (κ3) is 3.71. The van der Waals surface area contributed by atoms with Crippen LogP contribution in [0.15, 0.2) is 71.3 Å². The van der Waals surface area contributed by atoms with Crippen molar-refractivity contribution in [2.24, 2.45) is 0 Å². The van der Waals surface area contributed by atoms with Gasteiger partial charge in [-0.05, 0) is 18.9 Å². The van der Waals surface area contributed by atoms with Crippen molar-refractivity contribution in [1.82, 2.24) is 10.1 Å². The van der Waals surface area contributed by atoms with E-state index in [1.807, 2.05) is 55.5 Å². The van der Waals surface area contributed by atoms with Gasteiger partial charge in [0, 0.05) is 24.7 Å². The van der Waals surface area contributed by atoms with Crippen molar-refractivity contribution in [2.45, 2.75) is 13.3 Å². The first-order valence-electron chi connectivity index (χ1n) is 8.13. The van der Waals surface area contributed by atoms with Gasteiger partial charge in [-0.15, -0.1) is 0 Å². The van der Waals surface area contributed by atoms with E-state index in [1.54, 1.807) is 11.0 Å². The topological polar surface area (TPSA) is 46.3 Å². The molecule has 0 aliphatic heterocycles. The lowest BCUT2D eigenvalue weighted by atomic mass is 10.1. The summed E-state index contributed by atoms with van der Waals surface area (Å²) in [6.07, 6.45) is 0.823. The van der Waals surface area contributed by atoms with E-state index in [0.717, 1.165) is 12.0 Å². The van der Waals surface area contributed by atoms with Gasteiger partial charge in [0.15, 0.2) is 11.5 Å². The van der Waals surface area contributed by atoms with E-state index in [-0.39, 0.29) is 5.91 Å².